The maximum Gasteiger partial charge on any atom is 0.249 e. The number of carbonyl (C=O) groups is 2. The molecule has 0 heterocycles. The van der Waals surface area contributed by atoms with E-state index in [1.807, 2.05) is 0 Å². The number of carbonyl (C=O) groups excluding carboxylic acids is 2. The highest BCUT2D eigenvalue weighted by Crippen LogP contribution is 1.96. The molecule has 0 fully saturated rings. The normalized spacial score (nSPS) is 10.1. The molecule has 66 valence electrons. The van der Waals surface area contributed by atoms with Crippen LogP contribution in [-0.4, -0.2) is 18.0 Å². The van der Waals surface area contributed by atoms with Crippen molar-refractivity contribution in [3.63, 3.8) is 0 Å². The highest BCUT2D eigenvalue weighted by Gasteiger charge is 1.97. The van der Waals surface area contributed by atoms with E-state index in [4.69, 9.17) is 5.73 Å². The van der Waals surface area contributed by atoms with Gasteiger partial charge in [0.15, 0.2) is 0 Å². The van der Waals surface area contributed by atoms with Gasteiger partial charge in [0.2, 0.25) is 11.8 Å². The topological polar surface area (TPSA) is 72.5 Å². The van der Waals surface area contributed by atoms with Crippen molar-refractivity contribution in [2.45, 2.75) is 19.8 Å². The second-order valence-electron chi connectivity index (χ2n) is 2.51. The SMILES string of the molecule is C=C(C)CC(=O)N=CCC(N)=O. The minimum atomic E-state index is -0.498. The van der Waals surface area contributed by atoms with Crippen molar-refractivity contribution < 1.29 is 9.59 Å². The van der Waals surface area contributed by atoms with Crippen LogP contribution in [0.25, 0.3) is 0 Å². The molecular weight excluding hydrogens is 156 g/mol. The van der Waals surface area contributed by atoms with Crippen molar-refractivity contribution in [1.29, 1.82) is 0 Å². The molecule has 0 aromatic rings. The molecule has 4 nitrogen and oxygen atoms in total. The van der Waals surface area contributed by atoms with Gasteiger partial charge in [-0.05, 0) is 6.92 Å². The lowest BCUT2D eigenvalue weighted by Gasteiger charge is -1.91. The smallest absolute Gasteiger partial charge is 0.249 e. The van der Waals surface area contributed by atoms with Crippen LogP contribution in [0.4, 0.5) is 0 Å². The Morgan fingerprint density at radius 2 is 2.17 bits per heavy atom. The summed E-state index contributed by atoms with van der Waals surface area (Å²) in [6.45, 7) is 5.29. The summed E-state index contributed by atoms with van der Waals surface area (Å²) in [6, 6.07) is 0. The summed E-state index contributed by atoms with van der Waals surface area (Å²) in [4.78, 5) is 24.5. The molecule has 0 aliphatic rings. The molecule has 0 atom stereocenters. The Morgan fingerprint density at radius 3 is 2.58 bits per heavy atom. The number of nitrogens with zero attached hydrogens (tertiary/aromatic N) is 1. The number of aliphatic imine (C=N–C) groups is 1. The molecule has 0 rings (SSSR count). The number of primary amides is 1. The van der Waals surface area contributed by atoms with E-state index in [9.17, 15) is 9.59 Å². The van der Waals surface area contributed by atoms with Crippen LogP contribution in [0.5, 0.6) is 0 Å². The summed E-state index contributed by atoms with van der Waals surface area (Å²) in [6.07, 6.45) is 1.44. The molecule has 0 saturated carbocycles. The molecule has 0 bridgehead atoms. The van der Waals surface area contributed by atoms with Crippen LogP contribution in [0.3, 0.4) is 0 Å². The van der Waals surface area contributed by atoms with Crippen molar-refractivity contribution >= 4 is 18.0 Å². The number of amides is 2. The second kappa shape index (κ2) is 5.23. The third-order valence-electron chi connectivity index (χ3n) is 0.981. The zero-order valence-electron chi connectivity index (χ0n) is 7.04. The fraction of sp³-hybridized carbons (Fsp3) is 0.375. The molecule has 2 N–H and O–H groups in total. The second-order valence-corrected chi connectivity index (χ2v) is 2.51. The van der Waals surface area contributed by atoms with Crippen LogP contribution < -0.4 is 5.73 Å². The Balaban J connectivity index is 3.76. The van der Waals surface area contributed by atoms with E-state index >= 15 is 0 Å². The highest BCUT2D eigenvalue weighted by atomic mass is 16.1. The molecule has 0 unspecified atom stereocenters. The minimum absolute atomic E-state index is 0.00192. The monoisotopic (exact) mass is 168 g/mol. The number of hydrogen-bond acceptors (Lipinski definition) is 2. The fourth-order valence-corrected chi connectivity index (χ4v) is 0.541. The van der Waals surface area contributed by atoms with Crippen molar-refractivity contribution in [2.24, 2.45) is 10.7 Å². The van der Waals surface area contributed by atoms with Gasteiger partial charge in [-0.2, -0.15) is 0 Å². The standard InChI is InChI=1S/C8H12N2O2/c1-6(2)5-8(12)10-4-3-7(9)11/h4H,1,3,5H2,2H3,(H2,9,11). The molecule has 0 aliphatic heterocycles. The first-order valence-electron chi connectivity index (χ1n) is 3.50. The summed E-state index contributed by atoms with van der Waals surface area (Å²) in [7, 11) is 0. The van der Waals surface area contributed by atoms with Crippen LogP contribution >= 0.6 is 0 Å². The van der Waals surface area contributed by atoms with Crippen LogP contribution in [0.15, 0.2) is 17.1 Å². The van der Waals surface area contributed by atoms with Gasteiger partial charge in [0.25, 0.3) is 0 Å². The Hall–Kier alpha value is -1.45. The predicted molar refractivity (Wildman–Crippen MR) is 46.7 cm³/mol. The van der Waals surface area contributed by atoms with E-state index in [2.05, 4.69) is 11.6 Å². The van der Waals surface area contributed by atoms with Crippen LogP contribution in [0.2, 0.25) is 0 Å². The number of nitrogens with two attached hydrogens (primary N) is 1. The Labute approximate surface area is 71.2 Å². The van der Waals surface area contributed by atoms with E-state index in [1.165, 1.54) is 6.21 Å². The molecular formula is C8H12N2O2. The van der Waals surface area contributed by atoms with E-state index in [0.717, 1.165) is 5.57 Å². The maximum atomic E-state index is 10.8. The number of hydrogen-bond donors (Lipinski definition) is 1. The lowest BCUT2D eigenvalue weighted by Crippen LogP contribution is -2.10. The summed E-state index contributed by atoms with van der Waals surface area (Å²) in [5, 5.41) is 0. The molecule has 0 radical (unpaired) electrons. The Morgan fingerprint density at radius 1 is 1.58 bits per heavy atom. The average Bonchev–Trinajstić information content (AvgIpc) is 1.84. The van der Waals surface area contributed by atoms with Gasteiger partial charge in [-0.3, -0.25) is 9.59 Å². The largest absolute Gasteiger partial charge is 0.369 e. The van der Waals surface area contributed by atoms with Crippen molar-refractivity contribution in [2.75, 3.05) is 0 Å². The molecule has 0 aromatic heterocycles. The summed E-state index contributed by atoms with van der Waals surface area (Å²) in [5.74, 6) is -0.800. The quantitative estimate of drug-likeness (QED) is 0.488. The maximum absolute atomic E-state index is 10.8. The summed E-state index contributed by atoms with van der Waals surface area (Å²) in [5.41, 5.74) is 5.57. The lowest BCUT2D eigenvalue weighted by molar-refractivity contribution is -0.117. The van der Waals surface area contributed by atoms with Gasteiger partial charge in [-0.25, -0.2) is 4.99 Å². The fourth-order valence-electron chi connectivity index (χ4n) is 0.541. The van der Waals surface area contributed by atoms with Crippen LogP contribution in [0, 0.1) is 0 Å². The predicted octanol–water partition coefficient (Wildman–Crippen LogP) is 0.425. The third-order valence-corrected chi connectivity index (χ3v) is 0.981. The summed E-state index contributed by atoms with van der Waals surface area (Å²) >= 11 is 0. The zero-order valence-corrected chi connectivity index (χ0v) is 7.04. The third kappa shape index (κ3) is 6.67. The first-order valence-corrected chi connectivity index (χ1v) is 3.50. The van der Waals surface area contributed by atoms with Gasteiger partial charge in [0, 0.05) is 12.6 Å². The van der Waals surface area contributed by atoms with Gasteiger partial charge in [0.1, 0.15) is 0 Å². The molecule has 0 aromatic carbocycles. The lowest BCUT2D eigenvalue weighted by atomic mass is 10.2. The Kier molecular flexibility index (Phi) is 4.60. The molecule has 2 amide bonds. The molecule has 0 aliphatic carbocycles. The van der Waals surface area contributed by atoms with E-state index in [0.29, 0.717) is 0 Å². The van der Waals surface area contributed by atoms with E-state index < -0.39 is 5.91 Å². The minimum Gasteiger partial charge on any atom is -0.369 e. The highest BCUT2D eigenvalue weighted by molar-refractivity contribution is 5.94. The first kappa shape index (κ1) is 10.6. The first-order chi connectivity index (χ1) is 5.52. The molecule has 0 spiro atoms. The zero-order chi connectivity index (χ0) is 9.56. The van der Waals surface area contributed by atoms with Gasteiger partial charge < -0.3 is 5.73 Å². The molecule has 0 saturated heterocycles. The molecule has 12 heavy (non-hydrogen) atoms. The van der Waals surface area contributed by atoms with Crippen LogP contribution in [-0.2, 0) is 9.59 Å². The number of rotatable bonds is 4. The van der Waals surface area contributed by atoms with Crippen molar-refractivity contribution in [3.05, 3.63) is 12.2 Å². The Bertz CT molecular complexity index is 231. The summed E-state index contributed by atoms with van der Waals surface area (Å²) < 4.78 is 0. The molecule has 4 heteroatoms. The van der Waals surface area contributed by atoms with E-state index in [-0.39, 0.29) is 18.7 Å². The van der Waals surface area contributed by atoms with Gasteiger partial charge in [0.05, 0.1) is 6.42 Å². The average molecular weight is 168 g/mol. The van der Waals surface area contributed by atoms with Gasteiger partial charge >= 0.3 is 0 Å². The van der Waals surface area contributed by atoms with Crippen molar-refractivity contribution in [3.8, 4) is 0 Å². The van der Waals surface area contributed by atoms with Crippen LogP contribution in [0.1, 0.15) is 19.8 Å². The van der Waals surface area contributed by atoms with Gasteiger partial charge in [-0.15, -0.1) is 0 Å². The van der Waals surface area contributed by atoms with Gasteiger partial charge in [-0.1, -0.05) is 12.2 Å². The van der Waals surface area contributed by atoms with E-state index in [1.54, 1.807) is 6.92 Å². The van der Waals surface area contributed by atoms with Crippen molar-refractivity contribution in [1.82, 2.24) is 0 Å².